The summed E-state index contributed by atoms with van der Waals surface area (Å²) in [5, 5.41) is 14.1. The zero-order valence-corrected chi connectivity index (χ0v) is 10.8. The lowest BCUT2D eigenvalue weighted by Gasteiger charge is -2.29. The van der Waals surface area contributed by atoms with E-state index < -0.39 is 23.5 Å². The van der Waals surface area contributed by atoms with Crippen LogP contribution in [0.2, 0.25) is 0 Å². The monoisotopic (exact) mass is 230 g/mol. The topological polar surface area (TPSA) is 78.4 Å². The van der Waals surface area contributed by atoms with E-state index in [1.54, 1.807) is 20.8 Å². The number of carboxylic acid groups (broad SMARTS) is 1. The minimum Gasteiger partial charge on any atom is -0.480 e. The van der Waals surface area contributed by atoms with Crippen molar-refractivity contribution in [3.05, 3.63) is 0 Å². The van der Waals surface area contributed by atoms with Crippen LogP contribution in [-0.2, 0) is 4.79 Å². The lowest BCUT2D eigenvalue weighted by molar-refractivity contribution is -0.141. The molecule has 0 heterocycles. The number of rotatable bonds is 2. The first kappa shape index (κ1) is 14.7. The van der Waals surface area contributed by atoms with Gasteiger partial charge >= 0.3 is 12.0 Å². The maximum absolute atomic E-state index is 11.5. The van der Waals surface area contributed by atoms with E-state index in [4.69, 9.17) is 5.11 Å². The van der Waals surface area contributed by atoms with E-state index in [0.717, 1.165) is 0 Å². The molecule has 0 aromatic rings. The van der Waals surface area contributed by atoms with E-state index in [-0.39, 0.29) is 5.54 Å². The second kappa shape index (κ2) is 4.72. The fraction of sp³-hybridized carbons (Fsp3) is 0.818. The average molecular weight is 230 g/mol. The Labute approximate surface area is 96.6 Å². The normalized spacial score (nSPS) is 14.1. The number of hydrogen-bond donors (Lipinski definition) is 3. The summed E-state index contributed by atoms with van der Waals surface area (Å²) in [6.45, 7) is 10.8. The first-order chi connectivity index (χ1) is 6.93. The molecule has 0 unspecified atom stereocenters. The van der Waals surface area contributed by atoms with E-state index >= 15 is 0 Å². The third-order valence-corrected chi connectivity index (χ3v) is 1.88. The van der Waals surface area contributed by atoms with E-state index in [1.165, 1.54) is 0 Å². The zero-order valence-electron chi connectivity index (χ0n) is 10.8. The van der Waals surface area contributed by atoms with Crippen LogP contribution < -0.4 is 10.6 Å². The Hall–Kier alpha value is -1.26. The number of amides is 2. The minimum absolute atomic E-state index is 0.384. The van der Waals surface area contributed by atoms with E-state index in [9.17, 15) is 9.59 Å². The fourth-order valence-corrected chi connectivity index (χ4v) is 1.16. The van der Waals surface area contributed by atoms with Crippen LogP contribution in [-0.4, -0.2) is 28.7 Å². The number of carboxylic acids is 1. The van der Waals surface area contributed by atoms with Crippen molar-refractivity contribution in [2.24, 2.45) is 5.41 Å². The van der Waals surface area contributed by atoms with Gasteiger partial charge in [-0.25, -0.2) is 9.59 Å². The molecule has 0 aliphatic rings. The largest absolute Gasteiger partial charge is 0.480 e. The van der Waals surface area contributed by atoms with Crippen LogP contribution in [0.5, 0.6) is 0 Å². The summed E-state index contributed by atoms with van der Waals surface area (Å²) in [4.78, 5) is 22.5. The molecular weight excluding hydrogens is 208 g/mol. The van der Waals surface area contributed by atoms with Crippen LogP contribution in [0.15, 0.2) is 0 Å². The molecular formula is C11H22N2O3. The van der Waals surface area contributed by atoms with Gasteiger partial charge in [-0.2, -0.15) is 0 Å². The molecule has 0 aliphatic carbocycles. The molecule has 0 saturated heterocycles. The molecule has 1 atom stereocenters. The highest BCUT2D eigenvalue weighted by Gasteiger charge is 2.33. The minimum atomic E-state index is -1.03. The van der Waals surface area contributed by atoms with E-state index in [1.807, 2.05) is 20.8 Å². The zero-order chi connectivity index (χ0) is 13.1. The highest BCUT2D eigenvalue weighted by Crippen LogP contribution is 2.19. The summed E-state index contributed by atoms with van der Waals surface area (Å²) in [5.41, 5.74) is -0.911. The number of aliphatic carboxylic acids is 1. The molecule has 5 nitrogen and oxygen atoms in total. The van der Waals surface area contributed by atoms with Gasteiger partial charge in [0.05, 0.1) is 0 Å². The van der Waals surface area contributed by atoms with Crippen LogP contribution >= 0.6 is 0 Å². The summed E-state index contributed by atoms with van der Waals surface area (Å²) >= 11 is 0. The standard InChI is InChI=1S/C11H22N2O3/c1-10(2,3)7(8(14)15)12-9(16)13-11(4,5)6/h7H,1-6H3,(H,14,15)(H2,12,13,16)/t7-/m0/s1. The number of hydrogen-bond acceptors (Lipinski definition) is 2. The maximum atomic E-state index is 11.5. The van der Waals surface area contributed by atoms with Crippen LogP contribution in [0.25, 0.3) is 0 Å². The number of carbonyl (C=O) groups excluding carboxylic acids is 1. The van der Waals surface area contributed by atoms with Gasteiger partial charge in [0.2, 0.25) is 0 Å². The van der Waals surface area contributed by atoms with Crippen LogP contribution in [0.1, 0.15) is 41.5 Å². The molecule has 0 radical (unpaired) electrons. The quantitative estimate of drug-likeness (QED) is 0.674. The Morgan fingerprint density at radius 3 is 1.75 bits per heavy atom. The summed E-state index contributed by atoms with van der Waals surface area (Å²) in [6.07, 6.45) is 0. The summed E-state index contributed by atoms with van der Waals surface area (Å²) in [6, 6.07) is -1.37. The molecule has 0 saturated carbocycles. The van der Waals surface area contributed by atoms with Gasteiger partial charge in [-0.15, -0.1) is 0 Å². The first-order valence-corrected chi connectivity index (χ1v) is 5.25. The van der Waals surface area contributed by atoms with E-state index in [0.29, 0.717) is 0 Å². The Kier molecular flexibility index (Phi) is 4.35. The summed E-state index contributed by atoms with van der Waals surface area (Å²) in [5.74, 6) is -1.03. The third kappa shape index (κ3) is 5.58. The summed E-state index contributed by atoms with van der Waals surface area (Å²) in [7, 11) is 0. The second-order valence-corrected chi connectivity index (χ2v) is 5.99. The van der Waals surface area contributed by atoms with Crippen molar-refractivity contribution >= 4 is 12.0 Å². The van der Waals surface area contributed by atoms with Gasteiger partial charge in [0.1, 0.15) is 6.04 Å². The molecule has 0 spiro atoms. The van der Waals surface area contributed by atoms with Crippen LogP contribution in [0.3, 0.4) is 0 Å². The third-order valence-electron chi connectivity index (χ3n) is 1.88. The van der Waals surface area contributed by atoms with Gasteiger partial charge < -0.3 is 15.7 Å². The van der Waals surface area contributed by atoms with Crippen LogP contribution in [0, 0.1) is 5.41 Å². The molecule has 0 bridgehead atoms. The first-order valence-electron chi connectivity index (χ1n) is 5.25. The Morgan fingerprint density at radius 2 is 1.50 bits per heavy atom. The molecule has 5 heteroatoms. The van der Waals surface area contributed by atoms with Crippen molar-refractivity contribution in [3.63, 3.8) is 0 Å². The molecule has 94 valence electrons. The SMILES string of the molecule is CC(C)(C)NC(=O)N[C@@H](C(=O)O)C(C)(C)C. The van der Waals surface area contributed by atoms with Crippen molar-refractivity contribution in [1.82, 2.24) is 10.6 Å². The predicted molar refractivity (Wildman–Crippen MR) is 62.3 cm³/mol. The van der Waals surface area contributed by atoms with Gasteiger partial charge in [-0.1, -0.05) is 20.8 Å². The van der Waals surface area contributed by atoms with Gasteiger partial charge in [-0.3, -0.25) is 0 Å². The molecule has 3 N–H and O–H groups in total. The Bertz CT molecular complexity index is 274. The molecule has 0 aliphatic heterocycles. The lowest BCUT2D eigenvalue weighted by Crippen LogP contribution is -2.55. The second-order valence-electron chi connectivity index (χ2n) is 5.99. The Balaban J connectivity index is 4.56. The highest BCUT2D eigenvalue weighted by atomic mass is 16.4. The van der Waals surface area contributed by atoms with Gasteiger partial charge in [0, 0.05) is 5.54 Å². The summed E-state index contributed by atoms with van der Waals surface area (Å²) < 4.78 is 0. The van der Waals surface area contributed by atoms with Gasteiger partial charge in [-0.05, 0) is 26.2 Å². The molecule has 0 aromatic carbocycles. The molecule has 0 rings (SSSR count). The van der Waals surface area contributed by atoms with Crippen molar-refractivity contribution in [2.45, 2.75) is 53.1 Å². The van der Waals surface area contributed by atoms with Crippen molar-refractivity contribution in [1.29, 1.82) is 0 Å². The molecule has 0 fully saturated rings. The maximum Gasteiger partial charge on any atom is 0.326 e. The van der Waals surface area contributed by atoms with Gasteiger partial charge in [0.15, 0.2) is 0 Å². The number of urea groups is 1. The van der Waals surface area contributed by atoms with E-state index in [2.05, 4.69) is 10.6 Å². The lowest BCUT2D eigenvalue weighted by atomic mass is 9.87. The Morgan fingerprint density at radius 1 is 1.06 bits per heavy atom. The molecule has 16 heavy (non-hydrogen) atoms. The number of carbonyl (C=O) groups is 2. The van der Waals surface area contributed by atoms with Crippen molar-refractivity contribution in [3.8, 4) is 0 Å². The average Bonchev–Trinajstić information content (AvgIpc) is 1.93. The van der Waals surface area contributed by atoms with Crippen LogP contribution in [0.4, 0.5) is 4.79 Å². The molecule has 2 amide bonds. The smallest absolute Gasteiger partial charge is 0.326 e. The molecule has 0 aromatic heterocycles. The fourth-order valence-electron chi connectivity index (χ4n) is 1.16. The predicted octanol–water partition coefficient (Wildman–Crippen LogP) is 1.58. The van der Waals surface area contributed by atoms with Crippen molar-refractivity contribution in [2.75, 3.05) is 0 Å². The number of nitrogens with one attached hydrogen (secondary N) is 2. The van der Waals surface area contributed by atoms with Crippen molar-refractivity contribution < 1.29 is 14.7 Å². The highest BCUT2D eigenvalue weighted by molar-refractivity contribution is 5.83. The van der Waals surface area contributed by atoms with Gasteiger partial charge in [0.25, 0.3) is 0 Å².